The number of unbranched alkanes of at least 4 members (excludes halogenated alkanes) is 32. The topological polar surface area (TPSA) is 78.9 Å². The van der Waals surface area contributed by atoms with E-state index in [1.54, 1.807) is 0 Å². The standard InChI is InChI=1S/C68H118O6/c1-4-7-10-13-16-19-22-25-27-29-31-33-34-36-37-39-41-43-46-49-52-55-58-61-67(70)73-64-65(63-72-66(69)60-57-54-51-48-45-24-21-18-15-12-9-6-3)74-68(71)62-59-56-53-50-47-44-42-40-38-35-32-30-28-26-23-20-17-14-11-8-5-2/h7,10,16,18-19,21,23,25-27,30-33,65H,4-6,8-9,11-15,17,20,22,24,28-29,34-64H2,1-3H3/b10-7-,19-16-,21-18-,26-23-,27-25-,32-30-,33-31-. The summed E-state index contributed by atoms with van der Waals surface area (Å²) >= 11 is 0. The third-order valence-electron chi connectivity index (χ3n) is 13.6. The quantitative estimate of drug-likeness (QED) is 0.0261. The van der Waals surface area contributed by atoms with Crippen molar-refractivity contribution in [3.05, 3.63) is 85.1 Å². The number of esters is 3. The second kappa shape index (κ2) is 62.1. The molecule has 426 valence electrons. The maximum Gasteiger partial charge on any atom is 0.306 e. The van der Waals surface area contributed by atoms with Crippen LogP contribution in [0.4, 0.5) is 0 Å². The van der Waals surface area contributed by atoms with Gasteiger partial charge in [0.15, 0.2) is 6.10 Å². The van der Waals surface area contributed by atoms with Gasteiger partial charge in [0.05, 0.1) is 0 Å². The van der Waals surface area contributed by atoms with Gasteiger partial charge in [0, 0.05) is 19.3 Å². The van der Waals surface area contributed by atoms with Gasteiger partial charge in [-0.1, -0.05) is 260 Å². The maximum absolute atomic E-state index is 12.9. The van der Waals surface area contributed by atoms with Crippen LogP contribution in [0.25, 0.3) is 0 Å². The molecule has 0 saturated heterocycles. The Labute approximate surface area is 458 Å². The van der Waals surface area contributed by atoms with Crippen LogP contribution in [-0.2, 0) is 28.6 Å². The molecule has 0 rings (SSSR count). The van der Waals surface area contributed by atoms with Gasteiger partial charge in [0.25, 0.3) is 0 Å². The summed E-state index contributed by atoms with van der Waals surface area (Å²) in [6.45, 7) is 6.51. The monoisotopic (exact) mass is 1030 g/mol. The van der Waals surface area contributed by atoms with Gasteiger partial charge in [-0.05, 0) is 116 Å². The molecule has 0 saturated carbocycles. The molecular weight excluding hydrogens is 913 g/mol. The lowest BCUT2D eigenvalue weighted by molar-refractivity contribution is -0.167. The molecule has 0 N–H and O–H groups in total. The number of carbonyl (C=O) groups is 3. The Bertz CT molecular complexity index is 1420. The normalized spacial score (nSPS) is 12.6. The molecule has 6 nitrogen and oxygen atoms in total. The third-order valence-corrected chi connectivity index (χ3v) is 13.6. The van der Waals surface area contributed by atoms with E-state index >= 15 is 0 Å². The summed E-state index contributed by atoms with van der Waals surface area (Å²) in [6, 6.07) is 0. The van der Waals surface area contributed by atoms with Crippen molar-refractivity contribution < 1.29 is 28.6 Å². The third kappa shape index (κ3) is 59.5. The summed E-state index contributed by atoms with van der Waals surface area (Å²) in [4.78, 5) is 38.3. The van der Waals surface area contributed by atoms with Gasteiger partial charge in [0.2, 0.25) is 0 Å². The lowest BCUT2D eigenvalue weighted by atomic mass is 10.1. The predicted molar refractivity (Wildman–Crippen MR) is 321 cm³/mol. The highest BCUT2D eigenvalue weighted by atomic mass is 16.6. The number of allylic oxidation sites excluding steroid dienone is 14. The lowest BCUT2D eigenvalue weighted by Gasteiger charge is -2.18. The summed E-state index contributed by atoms with van der Waals surface area (Å²) in [6.07, 6.45) is 81.5. The van der Waals surface area contributed by atoms with Gasteiger partial charge < -0.3 is 14.2 Å². The Kier molecular flexibility index (Phi) is 59.3. The molecule has 0 aliphatic heterocycles. The zero-order chi connectivity index (χ0) is 53.6. The van der Waals surface area contributed by atoms with E-state index in [0.717, 1.165) is 96.3 Å². The SMILES string of the molecule is CC/C=C\C/C=C\C/C=C\C/C=C\CCCCCCCCCCCCC(=O)OCC(COC(=O)CCCCCCC/C=C\CCCCC)OC(=O)CCCCCCCCCCC/C=C\C/C=C\CCCCCCC. The minimum Gasteiger partial charge on any atom is -0.462 e. The number of carbonyl (C=O) groups excluding carboxylic acids is 3. The van der Waals surface area contributed by atoms with Gasteiger partial charge in [-0.2, -0.15) is 0 Å². The Morgan fingerprint density at radius 1 is 0.284 bits per heavy atom. The summed E-state index contributed by atoms with van der Waals surface area (Å²) in [5.74, 6) is -0.889. The first-order chi connectivity index (χ1) is 36.5. The number of hydrogen-bond acceptors (Lipinski definition) is 6. The lowest BCUT2D eigenvalue weighted by Crippen LogP contribution is -2.30. The van der Waals surface area contributed by atoms with Gasteiger partial charge in [0.1, 0.15) is 13.2 Å². The summed E-state index contributed by atoms with van der Waals surface area (Å²) in [5.41, 5.74) is 0. The van der Waals surface area contributed by atoms with Gasteiger partial charge in [-0.25, -0.2) is 0 Å². The molecule has 0 heterocycles. The fourth-order valence-corrected chi connectivity index (χ4v) is 8.87. The first-order valence-electron chi connectivity index (χ1n) is 31.6. The molecule has 0 aromatic rings. The van der Waals surface area contributed by atoms with Gasteiger partial charge in [-0.3, -0.25) is 14.4 Å². The molecule has 0 spiro atoms. The van der Waals surface area contributed by atoms with E-state index in [4.69, 9.17) is 14.2 Å². The summed E-state index contributed by atoms with van der Waals surface area (Å²) in [7, 11) is 0. The van der Waals surface area contributed by atoms with E-state index in [1.807, 2.05) is 0 Å². The molecule has 0 aromatic heterocycles. The summed E-state index contributed by atoms with van der Waals surface area (Å²) in [5, 5.41) is 0. The van der Waals surface area contributed by atoms with Crippen molar-refractivity contribution in [2.75, 3.05) is 13.2 Å². The van der Waals surface area contributed by atoms with E-state index in [-0.39, 0.29) is 31.1 Å². The first-order valence-corrected chi connectivity index (χ1v) is 31.6. The minimum absolute atomic E-state index is 0.0821. The Balaban J connectivity index is 4.32. The number of hydrogen-bond donors (Lipinski definition) is 0. The molecule has 6 heteroatoms. The number of ether oxygens (including phenoxy) is 3. The van der Waals surface area contributed by atoms with Crippen molar-refractivity contribution in [3.63, 3.8) is 0 Å². The Morgan fingerprint density at radius 2 is 0.527 bits per heavy atom. The highest BCUT2D eigenvalue weighted by Gasteiger charge is 2.19. The molecule has 0 fully saturated rings. The van der Waals surface area contributed by atoms with Crippen LogP contribution in [0.3, 0.4) is 0 Å². The molecule has 0 radical (unpaired) electrons. The van der Waals surface area contributed by atoms with Crippen molar-refractivity contribution in [2.45, 2.75) is 316 Å². The van der Waals surface area contributed by atoms with Crippen LogP contribution < -0.4 is 0 Å². The largest absolute Gasteiger partial charge is 0.462 e. The van der Waals surface area contributed by atoms with Crippen molar-refractivity contribution in [2.24, 2.45) is 0 Å². The zero-order valence-electron chi connectivity index (χ0n) is 48.8. The van der Waals surface area contributed by atoms with Crippen molar-refractivity contribution in [1.29, 1.82) is 0 Å². The van der Waals surface area contributed by atoms with Crippen LogP contribution in [0.5, 0.6) is 0 Å². The molecule has 0 aromatic carbocycles. The first kappa shape index (κ1) is 70.6. The maximum atomic E-state index is 12.9. The molecule has 0 aliphatic rings. The van der Waals surface area contributed by atoms with Crippen molar-refractivity contribution in [3.8, 4) is 0 Å². The highest BCUT2D eigenvalue weighted by molar-refractivity contribution is 5.71. The van der Waals surface area contributed by atoms with Crippen LogP contribution in [-0.4, -0.2) is 37.2 Å². The molecule has 1 unspecified atom stereocenters. The smallest absolute Gasteiger partial charge is 0.306 e. The Hall–Kier alpha value is -3.41. The molecule has 0 bridgehead atoms. The zero-order valence-corrected chi connectivity index (χ0v) is 48.8. The number of rotatable bonds is 57. The average molecular weight is 1030 g/mol. The van der Waals surface area contributed by atoms with Crippen LogP contribution in [0.2, 0.25) is 0 Å². The second-order valence-corrected chi connectivity index (χ2v) is 20.9. The van der Waals surface area contributed by atoms with E-state index in [2.05, 4.69) is 106 Å². The molecule has 74 heavy (non-hydrogen) atoms. The highest BCUT2D eigenvalue weighted by Crippen LogP contribution is 2.16. The van der Waals surface area contributed by atoms with E-state index < -0.39 is 6.10 Å². The molecule has 1 atom stereocenters. The molecule has 0 amide bonds. The molecular formula is C68H118O6. The van der Waals surface area contributed by atoms with Crippen LogP contribution in [0, 0.1) is 0 Å². The van der Waals surface area contributed by atoms with Crippen LogP contribution >= 0.6 is 0 Å². The van der Waals surface area contributed by atoms with Gasteiger partial charge in [-0.15, -0.1) is 0 Å². The van der Waals surface area contributed by atoms with Gasteiger partial charge >= 0.3 is 17.9 Å². The molecule has 0 aliphatic carbocycles. The minimum atomic E-state index is -0.785. The van der Waals surface area contributed by atoms with E-state index in [0.29, 0.717) is 19.3 Å². The van der Waals surface area contributed by atoms with Crippen molar-refractivity contribution >= 4 is 17.9 Å². The average Bonchev–Trinajstić information content (AvgIpc) is 3.40. The van der Waals surface area contributed by atoms with E-state index in [1.165, 1.54) is 173 Å². The second-order valence-electron chi connectivity index (χ2n) is 20.9. The Morgan fingerprint density at radius 3 is 0.865 bits per heavy atom. The van der Waals surface area contributed by atoms with Crippen LogP contribution in [0.15, 0.2) is 85.1 Å². The fraction of sp³-hybridized carbons (Fsp3) is 0.750. The van der Waals surface area contributed by atoms with E-state index in [9.17, 15) is 14.4 Å². The van der Waals surface area contributed by atoms with Crippen LogP contribution in [0.1, 0.15) is 310 Å². The predicted octanol–water partition coefficient (Wildman–Crippen LogP) is 21.5. The fourth-order valence-electron chi connectivity index (χ4n) is 8.87. The van der Waals surface area contributed by atoms with Crippen molar-refractivity contribution in [1.82, 2.24) is 0 Å². The summed E-state index contributed by atoms with van der Waals surface area (Å²) < 4.78 is 16.9.